The fourth-order valence-corrected chi connectivity index (χ4v) is 4.66. The summed E-state index contributed by atoms with van der Waals surface area (Å²) in [7, 11) is 0. The number of rotatable bonds is 0. The van der Waals surface area contributed by atoms with Crippen LogP contribution in [0.25, 0.3) is 19.3 Å². The first-order valence-corrected chi connectivity index (χ1v) is 6.85. The van der Waals surface area contributed by atoms with Crippen molar-refractivity contribution in [1.82, 2.24) is 4.98 Å². The quantitative estimate of drug-likeness (QED) is 0.455. The molecule has 74 valence electrons. The maximum atomic E-state index is 6.16. The van der Waals surface area contributed by atoms with Gasteiger partial charge in [-0.3, -0.25) is 0 Å². The van der Waals surface area contributed by atoms with Crippen LogP contribution < -0.4 is 0 Å². The fourth-order valence-electron chi connectivity index (χ4n) is 1.66. The molecule has 2 aromatic heterocycles. The minimum atomic E-state index is 0.189. The van der Waals surface area contributed by atoms with E-state index in [1.165, 1.54) is 15.0 Å². The molecule has 0 spiro atoms. The van der Waals surface area contributed by atoms with Crippen LogP contribution in [0, 0.1) is 0 Å². The van der Waals surface area contributed by atoms with Gasteiger partial charge in [0.15, 0.2) is 0 Å². The molecule has 0 bridgehead atoms. The second-order valence-electron chi connectivity index (χ2n) is 3.20. The van der Waals surface area contributed by atoms with Crippen molar-refractivity contribution < 1.29 is 0 Å². The van der Waals surface area contributed by atoms with E-state index in [4.69, 9.17) is 23.2 Å². The summed E-state index contributed by atoms with van der Waals surface area (Å²) in [6.07, 6.45) is 1.74. The molecule has 1 nitrogen and oxygen atoms in total. The Morgan fingerprint density at radius 1 is 1.00 bits per heavy atom. The Balaban J connectivity index is 2.63. The predicted octanol–water partition coefficient (Wildman–Crippen LogP) is 3.75. The maximum absolute atomic E-state index is 6.16. The van der Waals surface area contributed by atoms with E-state index in [-0.39, 0.29) is 14.5 Å². The van der Waals surface area contributed by atoms with Gasteiger partial charge in [0, 0.05) is 0 Å². The molecule has 3 aromatic rings. The summed E-state index contributed by atoms with van der Waals surface area (Å²) in [6.45, 7) is 0. The number of aromatic nitrogens is 1. The normalized spacial score (nSPS) is 11.3. The molecule has 1 aromatic carbocycles. The molecule has 0 amide bonds. The zero-order valence-corrected chi connectivity index (χ0v) is 10.7. The number of nitrogens with zero attached hydrogens (tertiary/aromatic N) is 1. The summed E-state index contributed by atoms with van der Waals surface area (Å²) >= 11 is 12.4. The molecule has 0 aliphatic carbocycles. The molecule has 0 aliphatic rings. The van der Waals surface area contributed by atoms with E-state index < -0.39 is 0 Å². The van der Waals surface area contributed by atoms with Crippen molar-refractivity contribution in [3.63, 3.8) is 0 Å². The van der Waals surface area contributed by atoms with Crippen LogP contribution in [-0.2, 0) is 0 Å². The van der Waals surface area contributed by atoms with Crippen LogP contribution in [0.1, 0.15) is 0 Å². The molecule has 4 heteroatoms. The summed E-state index contributed by atoms with van der Waals surface area (Å²) in [4.78, 5) is 4.10. The van der Waals surface area contributed by atoms with Crippen molar-refractivity contribution in [2.45, 2.75) is 0 Å². The van der Waals surface area contributed by atoms with Crippen LogP contribution in [-0.4, -0.2) is 19.5 Å². The van der Waals surface area contributed by atoms with E-state index in [1.807, 2.05) is 18.2 Å². The van der Waals surface area contributed by atoms with E-state index in [9.17, 15) is 0 Å². The van der Waals surface area contributed by atoms with Gasteiger partial charge >= 0.3 is 103 Å². The van der Waals surface area contributed by atoms with Gasteiger partial charge in [-0.25, -0.2) is 0 Å². The van der Waals surface area contributed by atoms with E-state index in [0.717, 1.165) is 9.28 Å². The fraction of sp³-hybridized carbons (Fsp3) is 0. The van der Waals surface area contributed by atoms with Gasteiger partial charge in [-0.2, -0.15) is 0 Å². The molecule has 3 rings (SSSR count). The summed E-state index contributed by atoms with van der Waals surface area (Å²) < 4.78 is 2.37. The van der Waals surface area contributed by atoms with E-state index in [1.54, 1.807) is 6.20 Å². The van der Waals surface area contributed by atoms with Crippen LogP contribution in [0.15, 0.2) is 30.5 Å². The predicted molar refractivity (Wildman–Crippen MR) is 66.2 cm³/mol. The molecule has 0 unspecified atom stereocenters. The van der Waals surface area contributed by atoms with Gasteiger partial charge < -0.3 is 0 Å². The molecule has 0 N–H and O–H groups in total. The van der Waals surface area contributed by atoms with Gasteiger partial charge in [0.25, 0.3) is 0 Å². The van der Waals surface area contributed by atoms with Crippen LogP contribution in [0.5, 0.6) is 0 Å². The first kappa shape index (κ1) is 9.68. The number of fused-ring (bicyclic) bond motifs is 3. The summed E-state index contributed by atoms with van der Waals surface area (Å²) in [5.74, 6) is 0. The van der Waals surface area contributed by atoms with Crippen molar-refractivity contribution >= 4 is 57.0 Å². The molecule has 0 saturated heterocycles. The summed E-state index contributed by atoms with van der Waals surface area (Å²) in [6, 6.07) is 7.99. The van der Waals surface area contributed by atoms with E-state index in [2.05, 4.69) is 11.1 Å². The third-order valence-electron chi connectivity index (χ3n) is 2.32. The van der Waals surface area contributed by atoms with Gasteiger partial charge in [-0.1, -0.05) is 0 Å². The number of pyridine rings is 1. The molecule has 15 heavy (non-hydrogen) atoms. The standard InChI is InChI=1S/C11H5Cl2NSe/c12-8-3-1-2-6-7-4-5-14-11(13)10(7)15-9(6)8/h1-5H. The topological polar surface area (TPSA) is 12.9 Å². The Morgan fingerprint density at radius 2 is 1.80 bits per heavy atom. The zero-order chi connectivity index (χ0) is 10.4. The number of hydrogen-bond acceptors (Lipinski definition) is 1. The van der Waals surface area contributed by atoms with Crippen molar-refractivity contribution in [2.24, 2.45) is 0 Å². The summed E-state index contributed by atoms with van der Waals surface area (Å²) in [5.41, 5.74) is 0. The first-order chi connectivity index (χ1) is 7.27. The molecule has 0 aliphatic heterocycles. The Morgan fingerprint density at radius 3 is 2.67 bits per heavy atom. The first-order valence-electron chi connectivity index (χ1n) is 4.38. The third-order valence-corrected chi connectivity index (χ3v) is 6.08. The van der Waals surface area contributed by atoms with Crippen molar-refractivity contribution in [1.29, 1.82) is 0 Å². The molecule has 2 heterocycles. The van der Waals surface area contributed by atoms with Crippen molar-refractivity contribution in [3.05, 3.63) is 40.6 Å². The Bertz CT molecular complexity index is 604. The number of hydrogen-bond donors (Lipinski definition) is 0. The third kappa shape index (κ3) is 1.41. The molecule has 0 radical (unpaired) electrons. The van der Waals surface area contributed by atoms with Crippen LogP contribution >= 0.6 is 23.2 Å². The zero-order valence-electron chi connectivity index (χ0n) is 7.50. The second-order valence-corrected chi connectivity index (χ2v) is 6.10. The average Bonchev–Trinajstić information content (AvgIpc) is 2.60. The van der Waals surface area contributed by atoms with Crippen LogP contribution in [0.3, 0.4) is 0 Å². The molecular weight excluding hydrogens is 296 g/mol. The van der Waals surface area contributed by atoms with E-state index >= 15 is 0 Å². The second kappa shape index (κ2) is 3.50. The van der Waals surface area contributed by atoms with Crippen LogP contribution in [0.2, 0.25) is 10.2 Å². The molecule has 0 fully saturated rings. The van der Waals surface area contributed by atoms with Gasteiger partial charge in [0.2, 0.25) is 0 Å². The minimum absolute atomic E-state index is 0.189. The Hall–Kier alpha value is -0.531. The average molecular weight is 301 g/mol. The Kier molecular flexibility index (Phi) is 2.26. The Labute approximate surface area is 102 Å². The molecule has 0 saturated carbocycles. The van der Waals surface area contributed by atoms with Gasteiger partial charge in [0.1, 0.15) is 0 Å². The molecular formula is C11H5Cl2NSe. The van der Waals surface area contributed by atoms with Crippen LogP contribution in [0.4, 0.5) is 0 Å². The van der Waals surface area contributed by atoms with Gasteiger partial charge in [0.05, 0.1) is 0 Å². The van der Waals surface area contributed by atoms with Gasteiger partial charge in [-0.15, -0.1) is 0 Å². The number of benzene rings is 1. The van der Waals surface area contributed by atoms with E-state index in [0.29, 0.717) is 5.15 Å². The monoisotopic (exact) mass is 301 g/mol. The van der Waals surface area contributed by atoms with Crippen molar-refractivity contribution in [2.75, 3.05) is 0 Å². The van der Waals surface area contributed by atoms with Gasteiger partial charge in [-0.05, 0) is 0 Å². The summed E-state index contributed by atoms with van der Waals surface area (Å²) in [5, 5.41) is 3.84. The SMILES string of the molecule is Clc1cccc2c1[se]c1c(Cl)nccc12. The number of halogens is 2. The molecule has 0 atom stereocenters. The van der Waals surface area contributed by atoms with Crippen molar-refractivity contribution in [3.8, 4) is 0 Å².